The Kier molecular flexibility index (Phi) is 4.32. The number of thiazole rings is 1. The number of para-hydroxylation sites is 1. The van der Waals surface area contributed by atoms with Crippen molar-refractivity contribution in [2.75, 3.05) is 13.1 Å². The van der Waals surface area contributed by atoms with Crippen LogP contribution >= 0.6 is 11.3 Å². The molecule has 0 spiro atoms. The van der Waals surface area contributed by atoms with E-state index >= 15 is 0 Å². The zero-order chi connectivity index (χ0) is 19.2. The summed E-state index contributed by atoms with van der Waals surface area (Å²) in [6, 6.07) is 6.80. The number of alkyl halides is 3. The molecule has 0 unspecified atom stereocenters. The highest BCUT2D eigenvalue weighted by Gasteiger charge is 2.39. The summed E-state index contributed by atoms with van der Waals surface area (Å²) in [4.78, 5) is 7.82. The van der Waals surface area contributed by atoms with Crippen LogP contribution in [0.3, 0.4) is 0 Å². The van der Waals surface area contributed by atoms with Crippen molar-refractivity contribution in [3.8, 4) is 5.19 Å². The molecule has 0 bridgehead atoms. The molecule has 27 heavy (non-hydrogen) atoms. The largest absolute Gasteiger partial charge is 0.464 e. The van der Waals surface area contributed by atoms with Crippen molar-refractivity contribution in [1.82, 2.24) is 14.3 Å². The monoisotopic (exact) mass is 415 g/mol. The Morgan fingerprint density at radius 2 is 1.96 bits per heavy atom. The van der Waals surface area contributed by atoms with Crippen LogP contribution in [0.4, 0.5) is 13.2 Å². The smallest absolute Gasteiger partial charge is 0.418 e. The molecule has 1 aliphatic heterocycles. The van der Waals surface area contributed by atoms with Crippen molar-refractivity contribution in [2.24, 2.45) is 0 Å². The SMILES string of the molecule is O=S(=O)(c1cccnc1)N1CC(Oc2nc3c(C(F)(F)F)cccc3s2)C1. The minimum Gasteiger partial charge on any atom is -0.464 e. The molecule has 0 radical (unpaired) electrons. The maximum atomic E-state index is 13.1. The number of nitrogens with zero attached hydrogens (tertiary/aromatic N) is 3. The Morgan fingerprint density at radius 1 is 1.19 bits per heavy atom. The normalized spacial score (nSPS) is 16.4. The van der Waals surface area contributed by atoms with Gasteiger partial charge in [-0.2, -0.15) is 17.5 Å². The molecule has 4 rings (SSSR count). The first-order chi connectivity index (χ1) is 12.7. The average molecular weight is 415 g/mol. The second kappa shape index (κ2) is 6.43. The van der Waals surface area contributed by atoms with Gasteiger partial charge in [-0.1, -0.05) is 17.4 Å². The first-order valence-corrected chi connectivity index (χ1v) is 10.0. The summed E-state index contributed by atoms with van der Waals surface area (Å²) in [5.41, 5.74) is -0.982. The molecule has 3 heterocycles. The van der Waals surface area contributed by atoms with Crippen LogP contribution in [0.5, 0.6) is 5.19 Å². The molecule has 1 saturated heterocycles. The molecule has 0 amide bonds. The van der Waals surface area contributed by atoms with Crippen LogP contribution in [0.2, 0.25) is 0 Å². The fourth-order valence-electron chi connectivity index (χ4n) is 2.67. The summed E-state index contributed by atoms with van der Waals surface area (Å²) in [6.45, 7) is 0.193. The third-order valence-corrected chi connectivity index (χ3v) is 6.79. The molecule has 0 atom stereocenters. The van der Waals surface area contributed by atoms with Gasteiger partial charge in [-0.3, -0.25) is 4.98 Å². The van der Waals surface area contributed by atoms with E-state index in [2.05, 4.69) is 9.97 Å². The Balaban J connectivity index is 1.48. The zero-order valence-electron chi connectivity index (χ0n) is 13.5. The van der Waals surface area contributed by atoms with Gasteiger partial charge in [-0.25, -0.2) is 13.4 Å². The molecule has 1 aromatic carbocycles. The van der Waals surface area contributed by atoms with Crippen molar-refractivity contribution >= 4 is 31.6 Å². The van der Waals surface area contributed by atoms with Crippen LogP contribution in [0.25, 0.3) is 10.2 Å². The highest BCUT2D eigenvalue weighted by molar-refractivity contribution is 7.89. The van der Waals surface area contributed by atoms with Gasteiger partial charge in [0.05, 0.1) is 28.9 Å². The second-order valence-electron chi connectivity index (χ2n) is 5.88. The van der Waals surface area contributed by atoms with Crippen molar-refractivity contribution in [2.45, 2.75) is 17.2 Å². The molecule has 1 aliphatic rings. The predicted octanol–water partition coefficient (Wildman–Crippen LogP) is 3.16. The summed E-state index contributed by atoms with van der Waals surface area (Å²) >= 11 is 0.999. The number of hydrogen-bond donors (Lipinski definition) is 0. The summed E-state index contributed by atoms with van der Waals surface area (Å²) in [5, 5.41) is 0.0881. The van der Waals surface area contributed by atoms with Crippen LogP contribution in [-0.2, 0) is 16.2 Å². The van der Waals surface area contributed by atoms with E-state index in [9.17, 15) is 21.6 Å². The molecule has 0 N–H and O–H groups in total. The number of fused-ring (bicyclic) bond motifs is 1. The number of halogens is 3. The van der Waals surface area contributed by atoms with Gasteiger partial charge in [-0.05, 0) is 24.3 Å². The van der Waals surface area contributed by atoms with Crippen LogP contribution in [-0.4, -0.2) is 41.9 Å². The Bertz CT molecular complexity index is 1080. The number of rotatable bonds is 4. The summed E-state index contributed by atoms with van der Waals surface area (Å²) in [6.07, 6.45) is -2.24. The lowest BCUT2D eigenvalue weighted by molar-refractivity contribution is -0.136. The van der Waals surface area contributed by atoms with Crippen molar-refractivity contribution in [3.63, 3.8) is 0 Å². The maximum absolute atomic E-state index is 13.1. The van der Waals surface area contributed by atoms with E-state index < -0.39 is 27.9 Å². The standard InChI is InChI=1S/C16H12F3N3O3S2/c17-16(18,19)12-4-1-5-13-14(12)21-15(26-13)25-10-8-22(9-10)27(23,24)11-3-2-6-20-7-11/h1-7,10H,8-9H2. The lowest BCUT2D eigenvalue weighted by Crippen LogP contribution is -2.55. The molecule has 11 heteroatoms. The van der Waals surface area contributed by atoms with Gasteiger partial charge in [0, 0.05) is 12.4 Å². The third kappa shape index (κ3) is 3.37. The molecule has 0 aliphatic carbocycles. The van der Waals surface area contributed by atoms with Gasteiger partial charge in [0.2, 0.25) is 10.0 Å². The number of benzene rings is 1. The van der Waals surface area contributed by atoms with E-state index in [0.717, 1.165) is 17.4 Å². The molecule has 6 nitrogen and oxygen atoms in total. The topological polar surface area (TPSA) is 72.4 Å². The van der Waals surface area contributed by atoms with E-state index in [4.69, 9.17) is 4.74 Å². The average Bonchev–Trinajstić information content (AvgIpc) is 3.00. The fourth-order valence-corrected chi connectivity index (χ4v) is 5.05. The van der Waals surface area contributed by atoms with Crippen LogP contribution in [0.15, 0.2) is 47.6 Å². The zero-order valence-corrected chi connectivity index (χ0v) is 15.2. The van der Waals surface area contributed by atoms with Crippen LogP contribution in [0.1, 0.15) is 5.56 Å². The number of sulfonamides is 1. The number of aromatic nitrogens is 2. The minimum atomic E-state index is -4.50. The summed E-state index contributed by atoms with van der Waals surface area (Å²) in [5.74, 6) is 0. The Morgan fingerprint density at radius 3 is 2.63 bits per heavy atom. The van der Waals surface area contributed by atoms with E-state index in [1.165, 1.54) is 41.0 Å². The summed E-state index contributed by atoms with van der Waals surface area (Å²) in [7, 11) is -3.65. The minimum absolute atomic E-state index is 0.0817. The van der Waals surface area contributed by atoms with E-state index in [1.807, 2.05) is 0 Å². The quantitative estimate of drug-likeness (QED) is 0.655. The molecule has 142 valence electrons. The molecular formula is C16H12F3N3O3S2. The first kappa shape index (κ1) is 18.1. The number of hydrogen-bond acceptors (Lipinski definition) is 6. The molecule has 1 fully saturated rings. The molecule has 2 aromatic heterocycles. The van der Waals surface area contributed by atoms with Crippen molar-refractivity contribution in [1.29, 1.82) is 0 Å². The molecule has 3 aromatic rings. The van der Waals surface area contributed by atoms with Crippen molar-refractivity contribution in [3.05, 3.63) is 48.3 Å². The van der Waals surface area contributed by atoms with Gasteiger partial charge >= 0.3 is 6.18 Å². The highest BCUT2D eigenvalue weighted by Crippen LogP contribution is 2.38. The molecule has 0 saturated carbocycles. The lowest BCUT2D eigenvalue weighted by atomic mass is 10.2. The predicted molar refractivity (Wildman–Crippen MR) is 92.0 cm³/mol. The van der Waals surface area contributed by atoms with Gasteiger partial charge in [-0.15, -0.1) is 0 Å². The van der Waals surface area contributed by atoms with Gasteiger partial charge in [0.1, 0.15) is 11.0 Å². The lowest BCUT2D eigenvalue weighted by Gasteiger charge is -2.36. The molecular weight excluding hydrogens is 403 g/mol. The van der Waals surface area contributed by atoms with Gasteiger partial charge in [0.25, 0.3) is 5.19 Å². The summed E-state index contributed by atoms with van der Waals surface area (Å²) < 4.78 is 71.1. The van der Waals surface area contributed by atoms with Crippen LogP contribution < -0.4 is 4.74 Å². The number of pyridine rings is 1. The van der Waals surface area contributed by atoms with Crippen molar-refractivity contribution < 1.29 is 26.3 Å². The maximum Gasteiger partial charge on any atom is 0.418 e. The Hall–Kier alpha value is -2.24. The first-order valence-electron chi connectivity index (χ1n) is 7.79. The van der Waals surface area contributed by atoms with Gasteiger partial charge in [0.15, 0.2) is 0 Å². The van der Waals surface area contributed by atoms with Crippen LogP contribution in [0, 0.1) is 0 Å². The second-order valence-corrected chi connectivity index (χ2v) is 8.81. The third-order valence-electron chi connectivity index (χ3n) is 4.06. The van der Waals surface area contributed by atoms with E-state index in [-0.39, 0.29) is 28.7 Å². The van der Waals surface area contributed by atoms with E-state index in [1.54, 1.807) is 0 Å². The van der Waals surface area contributed by atoms with E-state index in [0.29, 0.717) is 4.70 Å². The fraction of sp³-hybridized carbons (Fsp3) is 0.250. The van der Waals surface area contributed by atoms with Gasteiger partial charge < -0.3 is 4.74 Å². The highest BCUT2D eigenvalue weighted by atomic mass is 32.2. The Labute approximate surface area is 156 Å². The number of ether oxygens (including phenoxy) is 1.